The summed E-state index contributed by atoms with van der Waals surface area (Å²) in [7, 11) is 4.35. The van der Waals surface area contributed by atoms with E-state index < -0.39 is 17.8 Å². The summed E-state index contributed by atoms with van der Waals surface area (Å²) in [6.07, 6.45) is 1.31. The second kappa shape index (κ2) is 8.24. The van der Waals surface area contributed by atoms with Gasteiger partial charge in [-0.2, -0.15) is 0 Å². The zero-order valence-electron chi connectivity index (χ0n) is 15.8. The monoisotopic (exact) mass is 416 g/mol. The lowest BCUT2D eigenvalue weighted by molar-refractivity contribution is -0.122. The predicted octanol–water partition coefficient (Wildman–Crippen LogP) is 3.03. The third-order valence-corrected chi connectivity index (χ3v) is 4.48. The number of ether oxygens (including phenoxy) is 3. The van der Waals surface area contributed by atoms with Gasteiger partial charge in [-0.1, -0.05) is 11.6 Å². The van der Waals surface area contributed by atoms with Gasteiger partial charge in [0.1, 0.15) is 22.8 Å². The summed E-state index contributed by atoms with van der Waals surface area (Å²) >= 11 is 5.87. The summed E-state index contributed by atoms with van der Waals surface area (Å²) in [4.78, 5) is 38.5. The second-order valence-electron chi connectivity index (χ2n) is 5.88. The van der Waals surface area contributed by atoms with Gasteiger partial charge < -0.3 is 14.2 Å². The summed E-state index contributed by atoms with van der Waals surface area (Å²) in [5, 5.41) is 2.60. The van der Waals surface area contributed by atoms with Crippen molar-refractivity contribution in [2.75, 3.05) is 26.2 Å². The highest BCUT2D eigenvalue weighted by Crippen LogP contribution is 2.36. The van der Waals surface area contributed by atoms with Crippen molar-refractivity contribution in [2.45, 2.75) is 0 Å². The van der Waals surface area contributed by atoms with Crippen LogP contribution in [0.3, 0.4) is 0 Å². The van der Waals surface area contributed by atoms with E-state index in [1.165, 1.54) is 51.7 Å². The van der Waals surface area contributed by atoms with Crippen molar-refractivity contribution < 1.29 is 28.6 Å². The molecular weight excluding hydrogens is 400 g/mol. The molecule has 1 aliphatic heterocycles. The molecule has 2 aromatic rings. The van der Waals surface area contributed by atoms with Crippen molar-refractivity contribution in [2.24, 2.45) is 0 Å². The molecule has 29 heavy (non-hydrogen) atoms. The van der Waals surface area contributed by atoms with Crippen LogP contribution < -0.4 is 24.4 Å². The normalized spacial score (nSPS) is 15.4. The van der Waals surface area contributed by atoms with Crippen LogP contribution in [0.1, 0.15) is 5.56 Å². The molecule has 3 rings (SSSR count). The molecule has 0 atom stereocenters. The van der Waals surface area contributed by atoms with Crippen LogP contribution in [0.15, 0.2) is 42.0 Å². The molecular formula is C20H17ClN2O6. The Balaban J connectivity index is 2.11. The number of anilines is 1. The van der Waals surface area contributed by atoms with Crippen LogP contribution in [0.2, 0.25) is 5.02 Å². The Labute approximate surface area is 171 Å². The maximum atomic E-state index is 13.0. The number of carbonyl (C=O) groups is 3. The number of barbiturate groups is 1. The molecule has 2 aromatic carbocycles. The molecule has 4 amide bonds. The Bertz CT molecular complexity index is 991. The van der Waals surface area contributed by atoms with Gasteiger partial charge in [-0.15, -0.1) is 0 Å². The zero-order valence-corrected chi connectivity index (χ0v) is 16.6. The van der Waals surface area contributed by atoms with Crippen LogP contribution in [0.25, 0.3) is 6.08 Å². The minimum absolute atomic E-state index is 0.263. The summed E-state index contributed by atoms with van der Waals surface area (Å²) < 4.78 is 15.9. The van der Waals surface area contributed by atoms with Crippen molar-refractivity contribution in [3.05, 3.63) is 52.6 Å². The number of carbonyl (C=O) groups excluding carboxylic acids is 3. The molecule has 1 fully saturated rings. The molecule has 1 aliphatic rings. The fourth-order valence-corrected chi connectivity index (χ4v) is 2.93. The maximum Gasteiger partial charge on any atom is 0.335 e. The molecule has 0 aliphatic carbocycles. The van der Waals surface area contributed by atoms with E-state index in [2.05, 4.69) is 5.32 Å². The Morgan fingerprint density at radius 3 is 2.03 bits per heavy atom. The number of methoxy groups -OCH3 is 3. The Morgan fingerprint density at radius 2 is 1.52 bits per heavy atom. The number of hydrogen-bond donors (Lipinski definition) is 1. The summed E-state index contributed by atoms with van der Waals surface area (Å²) in [6, 6.07) is 8.39. The van der Waals surface area contributed by atoms with E-state index in [1.54, 1.807) is 12.1 Å². The minimum Gasteiger partial charge on any atom is -0.496 e. The lowest BCUT2D eigenvalue weighted by Gasteiger charge is -2.26. The van der Waals surface area contributed by atoms with Crippen LogP contribution in [0, 0.1) is 0 Å². The highest BCUT2D eigenvalue weighted by Gasteiger charge is 2.37. The maximum absolute atomic E-state index is 13.0. The van der Waals surface area contributed by atoms with Crippen LogP contribution >= 0.6 is 11.6 Å². The number of nitrogens with one attached hydrogen (secondary N) is 1. The number of benzene rings is 2. The van der Waals surface area contributed by atoms with Gasteiger partial charge in [-0.3, -0.25) is 14.9 Å². The van der Waals surface area contributed by atoms with E-state index >= 15 is 0 Å². The van der Waals surface area contributed by atoms with Crippen molar-refractivity contribution in [1.29, 1.82) is 0 Å². The molecule has 0 unspecified atom stereocenters. The number of nitrogens with zero attached hydrogens (tertiary/aromatic N) is 1. The van der Waals surface area contributed by atoms with Gasteiger partial charge in [-0.25, -0.2) is 9.69 Å². The Morgan fingerprint density at radius 1 is 0.931 bits per heavy atom. The number of hydrogen-bond acceptors (Lipinski definition) is 6. The molecule has 1 N–H and O–H groups in total. The first kappa shape index (κ1) is 20.2. The van der Waals surface area contributed by atoms with Crippen LogP contribution in [-0.2, 0) is 9.59 Å². The van der Waals surface area contributed by atoms with E-state index in [-0.39, 0.29) is 11.3 Å². The van der Waals surface area contributed by atoms with Crippen LogP contribution in [0.4, 0.5) is 10.5 Å². The standard InChI is InChI=1S/C20H17ClN2O6/c1-27-13-8-16(28-2)14(17(9-13)29-3)10-15-18(24)22-20(26)23(19(15)25)12-6-4-11(21)5-7-12/h4-10H,1-3H3,(H,22,24,26)/b15-10+. The largest absolute Gasteiger partial charge is 0.496 e. The van der Waals surface area contributed by atoms with Crippen molar-refractivity contribution in [3.8, 4) is 17.2 Å². The average molecular weight is 417 g/mol. The van der Waals surface area contributed by atoms with Crippen LogP contribution in [-0.4, -0.2) is 39.2 Å². The van der Waals surface area contributed by atoms with Gasteiger partial charge in [-0.05, 0) is 30.3 Å². The van der Waals surface area contributed by atoms with Crippen molar-refractivity contribution in [3.63, 3.8) is 0 Å². The Kier molecular flexibility index (Phi) is 5.74. The first-order valence-corrected chi connectivity index (χ1v) is 8.74. The minimum atomic E-state index is -0.854. The van der Waals surface area contributed by atoms with Gasteiger partial charge in [0.2, 0.25) is 0 Å². The molecule has 1 heterocycles. The second-order valence-corrected chi connectivity index (χ2v) is 6.32. The molecule has 9 heteroatoms. The van der Waals surface area contributed by atoms with Gasteiger partial charge in [0.05, 0.1) is 32.6 Å². The fourth-order valence-electron chi connectivity index (χ4n) is 2.80. The number of imide groups is 2. The first-order chi connectivity index (χ1) is 13.9. The number of rotatable bonds is 5. The van der Waals surface area contributed by atoms with E-state index in [0.717, 1.165) is 4.90 Å². The number of urea groups is 1. The highest BCUT2D eigenvalue weighted by molar-refractivity contribution is 6.39. The third kappa shape index (κ3) is 3.88. The summed E-state index contributed by atoms with van der Waals surface area (Å²) in [5.41, 5.74) is 0.352. The molecule has 0 bridgehead atoms. The van der Waals surface area contributed by atoms with Gasteiger partial charge in [0.15, 0.2) is 0 Å². The zero-order chi connectivity index (χ0) is 21.1. The SMILES string of the molecule is COc1cc(OC)c(/C=C2\C(=O)NC(=O)N(c3ccc(Cl)cc3)C2=O)c(OC)c1. The van der Waals surface area contributed by atoms with Gasteiger partial charge in [0, 0.05) is 17.2 Å². The van der Waals surface area contributed by atoms with Crippen molar-refractivity contribution >= 4 is 41.2 Å². The quantitative estimate of drug-likeness (QED) is 0.594. The molecule has 0 saturated carbocycles. The van der Waals surface area contributed by atoms with Gasteiger partial charge >= 0.3 is 6.03 Å². The van der Waals surface area contributed by atoms with Crippen LogP contribution in [0.5, 0.6) is 17.2 Å². The molecule has 8 nitrogen and oxygen atoms in total. The molecule has 1 saturated heterocycles. The smallest absolute Gasteiger partial charge is 0.335 e. The summed E-state index contributed by atoms with van der Waals surface area (Å²) in [5.74, 6) is -0.502. The highest BCUT2D eigenvalue weighted by atomic mass is 35.5. The average Bonchev–Trinajstić information content (AvgIpc) is 2.71. The van der Waals surface area contributed by atoms with E-state index in [4.69, 9.17) is 25.8 Å². The molecule has 150 valence electrons. The topological polar surface area (TPSA) is 94.2 Å². The molecule has 0 aromatic heterocycles. The summed E-state index contributed by atoms with van der Waals surface area (Å²) in [6.45, 7) is 0. The lowest BCUT2D eigenvalue weighted by Crippen LogP contribution is -2.54. The lowest BCUT2D eigenvalue weighted by atomic mass is 10.0. The predicted molar refractivity (Wildman–Crippen MR) is 107 cm³/mol. The molecule has 0 spiro atoms. The number of halogens is 1. The van der Waals surface area contributed by atoms with Crippen molar-refractivity contribution in [1.82, 2.24) is 5.32 Å². The first-order valence-electron chi connectivity index (χ1n) is 8.36. The fraction of sp³-hybridized carbons (Fsp3) is 0.150. The molecule has 0 radical (unpaired) electrons. The van der Waals surface area contributed by atoms with E-state index in [1.807, 2.05) is 0 Å². The van der Waals surface area contributed by atoms with E-state index in [0.29, 0.717) is 27.8 Å². The Hall–Kier alpha value is -3.52. The number of amides is 4. The van der Waals surface area contributed by atoms with Gasteiger partial charge in [0.25, 0.3) is 11.8 Å². The van der Waals surface area contributed by atoms with E-state index in [9.17, 15) is 14.4 Å². The third-order valence-electron chi connectivity index (χ3n) is 4.23.